The smallest absolute Gasteiger partial charge is 0.238 e. The van der Waals surface area contributed by atoms with E-state index in [2.05, 4.69) is 5.32 Å². The molecule has 0 saturated heterocycles. The molecule has 1 unspecified atom stereocenters. The highest BCUT2D eigenvalue weighted by molar-refractivity contribution is 5.80. The molecule has 1 aromatic carbocycles. The lowest BCUT2D eigenvalue weighted by Crippen LogP contribution is -2.45. The molecule has 100 valence electrons. The molecule has 1 aromatic rings. The van der Waals surface area contributed by atoms with Crippen molar-refractivity contribution in [3.05, 3.63) is 29.8 Å². The van der Waals surface area contributed by atoms with Crippen LogP contribution in [0.2, 0.25) is 0 Å². The number of rotatable bonds is 7. The fraction of sp³-hybridized carbons (Fsp3) is 0.417. The number of primary amides is 1. The minimum atomic E-state index is -0.811. The number of carbonyl (C=O) groups excluding carboxylic acids is 1. The van der Waals surface area contributed by atoms with Crippen LogP contribution in [-0.4, -0.2) is 25.1 Å². The Morgan fingerprint density at radius 3 is 2.56 bits per heavy atom. The van der Waals surface area contributed by atoms with Crippen LogP contribution >= 0.6 is 0 Å². The first-order valence-corrected chi connectivity index (χ1v) is 5.65. The maximum atomic E-state index is 13.3. The van der Waals surface area contributed by atoms with Crippen molar-refractivity contribution in [1.29, 1.82) is 0 Å². The van der Waals surface area contributed by atoms with Gasteiger partial charge >= 0.3 is 0 Å². The molecule has 1 rings (SSSR count). The summed E-state index contributed by atoms with van der Waals surface area (Å²) in [7, 11) is 0. The van der Waals surface area contributed by atoms with E-state index in [1.807, 2.05) is 6.92 Å². The Morgan fingerprint density at radius 2 is 2.06 bits per heavy atom. The van der Waals surface area contributed by atoms with E-state index in [1.165, 1.54) is 6.07 Å². The average molecular weight is 258 g/mol. The van der Waals surface area contributed by atoms with Crippen LogP contribution in [0.5, 0.6) is 5.75 Å². The van der Waals surface area contributed by atoms with Crippen molar-refractivity contribution in [1.82, 2.24) is 5.32 Å². The third-order valence-electron chi connectivity index (χ3n) is 2.30. The number of halogens is 2. The highest BCUT2D eigenvalue weighted by atomic mass is 19.1. The predicted octanol–water partition coefficient (Wildman–Crippen LogP) is 1.20. The van der Waals surface area contributed by atoms with E-state index in [4.69, 9.17) is 10.5 Å². The molecule has 0 heterocycles. The lowest BCUT2D eigenvalue weighted by atomic mass is 10.2. The van der Waals surface area contributed by atoms with Crippen molar-refractivity contribution in [2.75, 3.05) is 13.2 Å². The van der Waals surface area contributed by atoms with Gasteiger partial charge in [0, 0.05) is 0 Å². The second-order valence-corrected chi connectivity index (χ2v) is 3.77. The van der Waals surface area contributed by atoms with Gasteiger partial charge in [-0.2, -0.15) is 0 Å². The van der Waals surface area contributed by atoms with Gasteiger partial charge in [0.05, 0.1) is 0 Å². The van der Waals surface area contributed by atoms with Crippen molar-refractivity contribution in [2.24, 2.45) is 5.73 Å². The topological polar surface area (TPSA) is 64.3 Å². The van der Waals surface area contributed by atoms with Crippen LogP contribution < -0.4 is 15.8 Å². The Labute approximate surface area is 104 Å². The zero-order valence-electron chi connectivity index (χ0n) is 10.1. The molecule has 0 aliphatic carbocycles. The number of ether oxygens (including phenoxy) is 1. The minimum absolute atomic E-state index is 0.215. The molecular weight excluding hydrogens is 242 g/mol. The van der Waals surface area contributed by atoms with Gasteiger partial charge in [0.2, 0.25) is 5.91 Å². The largest absolute Gasteiger partial charge is 0.485 e. The van der Waals surface area contributed by atoms with E-state index in [0.29, 0.717) is 6.54 Å². The monoisotopic (exact) mass is 258 g/mol. The average Bonchev–Trinajstić information content (AvgIpc) is 2.31. The van der Waals surface area contributed by atoms with Gasteiger partial charge in [0.25, 0.3) is 0 Å². The van der Waals surface area contributed by atoms with E-state index in [1.54, 1.807) is 0 Å². The first kappa shape index (κ1) is 14.4. The van der Waals surface area contributed by atoms with E-state index < -0.39 is 29.3 Å². The zero-order valence-corrected chi connectivity index (χ0v) is 10.1. The van der Waals surface area contributed by atoms with Crippen LogP contribution in [0.15, 0.2) is 18.2 Å². The Morgan fingerprint density at radius 1 is 1.44 bits per heavy atom. The van der Waals surface area contributed by atoms with Gasteiger partial charge in [-0.15, -0.1) is 0 Å². The molecule has 0 fully saturated rings. The number of nitrogens with one attached hydrogen (secondary N) is 1. The fourth-order valence-corrected chi connectivity index (χ4v) is 1.35. The summed E-state index contributed by atoms with van der Waals surface area (Å²) in [5.74, 6) is -2.75. The summed E-state index contributed by atoms with van der Waals surface area (Å²) in [6.45, 7) is 2.27. The van der Waals surface area contributed by atoms with E-state index >= 15 is 0 Å². The van der Waals surface area contributed by atoms with Gasteiger partial charge in [-0.3, -0.25) is 4.79 Å². The van der Waals surface area contributed by atoms with E-state index in [-0.39, 0.29) is 6.61 Å². The molecule has 3 N–H and O–H groups in total. The summed E-state index contributed by atoms with van der Waals surface area (Å²) in [6.07, 6.45) is 0.803. The number of hydrogen-bond acceptors (Lipinski definition) is 3. The lowest BCUT2D eigenvalue weighted by Gasteiger charge is -2.16. The molecule has 1 atom stereocenters. The fourth-order valence-electron chi connectivity index (χ4n) is 1.35. The molecule has 4 nitrogen and oxygen atoms in total. The van der Waals surface area contributed by atoms with Gasteiger partial charge in [-0.25, -0.2) is 8.78 Å². The summed E-state index contributed by atoms with van der Waals surface area (Å²) in [4.78, 5) is 11.1. The molecule has 0 radical (unpaired) electrons. The van der Waals surface area contributed by atoms with Crippen molar-refractivity contribution in [3.63, 3.8) is 0 Å². The Balaban J connectivity index is 2.64. The minimum Gasteiger partial charge on any atom is -0.485 e. The highest BCUT2D eigenvalue weighted by Gasteiger charge is 2.17. The van der Waals surface area contributed by atoms with Gasteiger partial charge in [-0.1, -0.05) is 13.0 Å². The number of benzene rings is 1. The summed E-state index contributed by atoms with van der Waals surface area (Å²) in [5, 5.41) is 2.83. The van der Waals surface area contributed by atoms with Crippen LogP contribution in [0.4, 0.5) is 8.78 Å². The van der Waals surface area contributed by atoms with Crippen molar-refractivity contribution in [2.45, 2.75) is 19.4 Å². The number of para-hydroxylation sites is 1. The maximum Gasteiger partial charge on any atom is 0.238 e. The summed E-state index contributed by atoms with van der Waals surface area (Å²) >= 11 is 0. The van der Waals surface area contributed by atoms with Crippen molar-refractivity contribution < 1.29 is 18.3 Å². The van der Waals surface area contributed by atoms with E-state index in [9.17, 15) is 13.6 Å². The molecule has 0 aliphatic rings. The van der Waals surface area contributed by atoms with Gasteiger partial charge in [0.15, 0.2) is 17.4 Å². The Kier molecular flexibility index (Phi) is 5.51. The molecule has 0 saturated carbocycles. The quantitative estimate of drug-likeness (QED) is 0.772. The summed E-state index contributed by atoms with van der Waals surface area (Å²) < 4.78 is 31.5. The number of amides is 1. The lowest BCUT2D eigenvalue weighted by molar-refractivity contribution is -0.120. The van der Waals surface area contributed by atoms with Crippen LogP contribution in [0, 0.1) is 11.6 Å². The van der Waals surface area contributed by atoms with Crippen LogP contribution in [0.3, 0.4) is 0 Å². The molecule has 0 aliphatic heterocycles. The highest BCUT2D eigenvalue weighted by Crippen LogP contribution is 2.20. The first-order chi connectivity index (χ1) is 8.56. The predicted molar refractivity (Wildman–Crippen MR) is 63.1 cm³/mol. The van der Waals surface area contributed by atoms with Gasteiger partial charge in [-0.05, 0) is 25.1 Å². The third kappa shape index (κ3) is 3.96. The van der Waals surface area contributed by atoms with Gasteiger partial charge in [0.1, 0.15) is 12.6 Å². The van der Waals surface area contributed by atoms with Crippen LogP contribution in [0.1, 0.15) is 13.3 Å². The van der Waals surface area contributed by atoms with Crippen molar-refractivity contribution >= 4 is 5.91 Å². The molecule has 0 bridgehead atoms. The first-order valence-electron chi connectivity index (χ1n) is 5.65. The summed E-state index contributed by atoms with van der Waals surface area (Å²) in [5.41, 5.74) is 5.15. The molecule has 0 spiro atoms. The third-order valence-corrected chi connectivity index (χ3v) is 2.30. The van der Waals surface area contributed by atoms with Crippen LogP contribution in [0.25, 0.3) is 0 Å². The molecule has 18 heavy (non-hydrogen) atoms. The number of hydrogen-bond donors (Lipinski definition) is 2. The second kappa shape index (κ2) is 6.90. The Hall–Kier alpha value is -1.69. The summed E-state index contributed by atoms with van der Waals surface area (Å²) in [6, 6.07) is 2.62. The SMILES string of the molecule is CCCNC(COc1c(F)cccc1F)C(N)=O. The molecule has 6 heteroatoms. The normalized spacial score (nSPS) is 12.2. The zero-order chi connectivity index (χ0) is 13.5. The molecule has 0 aromatic heterocycles. The van der Waals surface area contributed by atoms with Crippen molar-refractivity contribution in [3.8, 4) is 5.75 Å². The second-order valence-electron chi connectivity index (χ2n) is 3.77. The Bertz CT molecular complexity index is 393. The van der Waals surface area contributed by atoms with Crippen LogP contribution in [-0.2, 0) is 4.79 Å². The standard InChI is InChI=1S/C12H16F2N2O2/c1-2-6-16-10(12(15)17)7-18-11-8(13)4-3-5-9(11)14/h3-5,10,16H,2,6-7H2,1H3,(H2,15,17). The molecular formula is C12H16F2N2O2. The van der Waals surface area contributed by atoms with E-state index in [0.717, 1.165) is 18.6 Å². The number of nitrogens with two attached hydrogens (primary N) is 1. The molecule has 1 amide bonds. The van der Waals surface area contributed by atoms with Gasteiger partial charge < -0.3 is 15.8 Å². The number of carbonyl (C=O) groups is 1. The maximum absolute atomic E-state index is 13.3.